The Morgan fingerprint density at radius 2 is 1.63 bits per heavy atom. The molecule has 0 saturated carbocycles. The monoisotopic (exact) mass is 366 g/mol. The molecule has 1 saturated heterocycles. The summed E-state index contributed by atoms with van der Waals surface area (Å²) in [7, 11) is 4.03. The van der Waals surface area contributed by atoms with Gasteiger partial charge in [-0.25, -0.2) is 0 Å². The van der Waals surface area contributed by atoms with Crippen molar-refractivity contribution in [2.24, 2.45) is 0 Å². The third-order valence-corrected chi connectivity index (χ3v) is 5.68. The molecule has 0 N–H and O–H groups in total. The predicted molar refractivity (Wildman–Crippen MR) is 109 cm³/mol. The Labute approximate surface area is 162 Å². The van der Waals surface area contributed by atoms with Crippen molar-refractivity contribution in [2.45, 2.75) is 24.4 Å². The van der Waals surface area contributed by atoms with E-state index in [1.54, 1.807) is 0 Å². The van der Waals surface area contributed by atoms with Gasteiger partial charge in [0.25, 0.3) is 0 Å². The lowest BCUT2D eigenvalue weighted by Gasteiger charge is -2.42. The van der Waals surface area contributed by atoms with Crippen molar-refractivity contribution in [1.29, 1.82) is 0 Å². The number of ether oxygens (including phenoxy) is 1. The summed E-state index contributed by atoms with van der Waals surface area (Å²) in [5.41, 5.74) is 1.90. The fourth-order valence-corrected chi connectivity index (χ4v) is 3.91. The number of rotatable bonds is 8. The largest absolute Gasteiger partial charge is 0.379 e. The van der Waals surface area contributed by atoms with Crippen LogP contribution in [-0.2, 0) is 16.0 Å². The molecule has 3 rings (SSSR count). The van der Waals surface area contributed by atoms with E-state index in [2.05, 4.69) is 46.2 Å². The minimum absolute atomic E-state index is 0.186. The topological polar surface area (TPSA) is 32.8 Å². The van der Waals surface area contributed by atoms with E-state index < -0.39 is 5.54 Å². The lowest BCUT2D eigenvalue weighted by molar-refractivity contribution is -0.119. The fourth-order valence-electron chi connectivity index (χ4n) is 3.91. The fraction of sp³-hybridized carbons (Fsp3) is 0.435. The number of likely N-dealkylation sites (N-methyl/N-ethyl adjacent to an activating group) is 1. The van der Waals surface area contributed by atoms with Gasteiger partial charge in [0, 0.05) is 19.1 Å². The van der Waals surface area contributed by atoms with Gasteiger partial charge in [-0.1, -0.05) is 60.7 Å². The van der Waals surface area contributed by atoms with Gasteiger partial charge in [-0.2, -0.15) is 0 Å². The van der Waals surface area contributed by atoms with Crippen LogP contribution in [0, 0.1) is 0 Å². The smallest absolute Gasteiger partial charge is 0.140 e. The van der Waals surface area contributed by atoms with Crippen LogP contribution in [0.1, 0.15) is 23.6 Å². The number of hydrogen-bond acceptors (Lipinski definition) is 4. The van der Waals surface area contributed by atoms with Gasteiger partial charge >= 0.3 is 0 Å². The number of carbonyl (C=O) groups is 1. The van der Waals surface area contributed by atoms with E-state index in [0.717, 1.165) is 39.0 Å². The van der Waals surface area contributed by atoms with Gasteiger partial charge in [0.1, 0.15) is 6.29 Å². The van der Waals surface area contributed by atoms with Crippen LogP contribution in [0.3, 0.4) is 0 Å². The first-order valence-electron chi connectivity index (χ1n) is 9.69. The quantitative estimate of drug-likeness (QED) is 0.672. The minimum atomic E-state index is -0.555. The Balaban J connectivity index is 1.92. The second kappa shape index (κ2) is 9.27. The molecule has 2 unspecified atom stereocenters. The molecule has 0 bridgehead atoms. The second-order valence-electron chi connectivity index (χ2n) is 7.56. The summed E-state index contributed by atoms with van der Waals surface area (Å²) in [5.74, 6) is 0. The van der Waals surface area contributed by atoms with Crippen molar-refractivity contribution in [3.05, 3.63) is 71.8 Å². The summed E-state index contributed by atoms with van der Waals surface area (Å²) < 4.78 is 5.56. The Kier molecular flexibility index (Phi) is 6.78. The zero-order valence-corrected chi connectivity index (χ0v) is 16.4. The van der Waals surface area contributed by atoms with Crippen LogP contribution in [-0.4, -0.2) is 62.0 Å². The van der Waals surface area contributed by atoms with Crippen LogP contribution >= 0.6 is 0 Å². The molecule has 0 radical (unpaired) electrons. The van der Waals surface area contributed by atoms with Crippen molar-refractivity contribution in [3.63, 3.8) is 0 Å². The molecule has 0 spiro atoms. The highest BCUT2D eigenvalue weighted by molar-refractivity contribution is 5.65. The second-order valence-corrected chi connectivity index (χ2v) is 7.56. The first-order valence-corrected chi connectivity index (χ1v) is 9.69. The Bertz CT molecular complexity index is 699. The summed E-state index contributed by atoms with van der Waals surface area (Å²) in [5, 5.41) is 0. The maximum atomic E-state index is 12.4. The molecule has 1 fully saturated rings. The molecule has 0 amide bonds. The van der Waals surface area contributed by atoms with E-state index in [9.17, 15) is 4.79 Å². The van der Waals surface area contributed by atoms with E-state index in [0.29, 0.717) is 6.42 Å². The van der Waals surface area contributed by atoms with Crippen LogP contribution in [0.5, 0.6) is 0 Å². The SMILES string of the molecule is CN(C)C(C=O)(Cc1ccccc1)CC(c1ccccc1)N1CCOCC1. The standard InChI is InChI=1S/C23H30N2O2/c1-24(2)23(19-26,17-20-9-5-3-6-10-20)18-22(21-11-7-4-8-12-21)25-13-15-27-16-14-25/h3-12,19,22H,13-18H2,1-2H3. The molecule has 1 heterocycles. The molecule has 0 aliphatic carbocycles. The van der Waals surface area contributed by atoms with Crippen LogP contribution in [0.25, 0.3) is 0 Å². The summed E-state index contributed by atoms with van der Waals surface area (Å²) in [6.07, 6.45) is 2.61. The molecule has 0 aromatic heterocycles. The number of hydrogen-bond donors (Lipinski definition) is 0. The number of nitrogens with zero attached hydrogens (tertiary/aromatic N) is 2. The van der Waals surface area contributed by atoms with Gasteiger partial charge in [-0.05, 0) is 38.1 Å². The predicted octanol–water partition coefficient (Wildman–Crippen LogP) is 3.19. The Hall–Kier alpha value is -2.01. The molecule has 4 nitrogen and oxygen atoms in total. The molecule has 4 heteroatoms. The summed E-state index contributed by atoms with van der Waals surface area (Å²) in [6.45, 7) is 3.29. The van der Waals surface area contributed by atoms with E-state index in [1.807, 2.05) is 38.4 Å². The van der Waals surface area contributed by atoms with Crippen molar-refractivity contribution in [2.75, 3.05) is 40.4 Å². The van der Waals surface area contributed by atoms with E-state index in [-0.39, 0.29) is 6.04 Å². The van der Waals surface area contributed by atoms with Gasteiger partial charge in [0.05, 0.1) is 18.8 Å². The summed E-state index contributed by atoms with van der Waals surface area (Å²) in [4.78, 5) is 17.0. The Morgan fingerprint density at radius 1 is 1.04 bits per heavy atom. The number of carbonyl (C=O) groups excluding carboxylic acids is 1. The van der Waals surface area contributed by atoms with E-state index >= 15 is 0 Å². The third kappa shape index (κ3) is 4.83. The highest BCUT2D eigenvalue weighted by atomic mass is 16.5. The molecular weight excluding hydrogens is 336 g/mol. The zero-order chi connectivity index (χ0) is 19.1. The van der Waals surface area contributed by atoms with Crippen molar-refractivity contribution in [3.8, 4) is 0 Å². The van der Waals surface area contributed by atoms with Crippen LogP contribution in [0.15, 0.2) is 60.7 Å². The van der Waals surface area contributed by atoms with Gasteiger partial charge in [0.15, 0.2) is 0 Å². The van der Waals surface area contributed by atoms with Gasteiger partial charge in [-0.15, -0.1) is 0 Å². The highest BCUT2D eigenvalue weighted by Crippen LogP contribution is 2.34. The molecular formula is C23H30N2O2. The van der Waals surface area contributed by atoms with E-state index in [4.69, 9.17) is 4.74 Å². The molecule has 27 heavy (non-hydrogen) atoms. The molecule has 2 aromatic carbocycles. The maximum absolute atomic E-state index is 12.4. The van der Waals surface area contributed by atoms with Gasteiger partial charge in [0.2, 0.25) is 0 Å². The molecule has 1 aliphatic heterocycles. The first kappa shape index (κ1) is 19.7. The van der Waals surface area contributed by atoms with E-state index in [1.165, 1.54) is 11.1 Å². The van der Waals surface area contributed by atoms with Crippen molar-refractivity contribution < 1.29 is 9.53 Å². The van der Waals surface area contributed by atoms with Crippen LogP contribution in [0.2, 0.25) is 0 Å². The lowest BCUT2D eigenvalue weighted by Crippen LogP contribution is -2.51. The van der Waals surface area contributed by atoms with Crippen LogP contribution in [0.4, 0.5) is 0 Å². The normalized spacial score (nSPS) is 18.8. The van der Waals surface area contributed by atoms with Crippen molar-refractivity contribution in [1.82, 2.24) is 9.80 Å². The average molecular weight is 367 g/mol. The summed E-state index contributed by atoms with van der Waals surface area (Å²) in [6, 6.07) is 21.0. The van der Waals surface area contributed by atoms with Crippen molar-refractivity contribution >= 4 is 6.29 Å². The number of benzene rings is 2. The van der Waals surface area contributed by atoms with Gasteiger partial charge in [-0.3, -0.25) is 9.80 Å². The zero-order valence-electron chi connectivity index (χ0n) is 16.4. The maximum Gasteiger partial charge on any atom is 0.140 e. The van der Waals surface area contributed by atoms with Gasteiger partial charge < -0.3 is 9.53 Å². The Morgan fingerprint density at radius 3 is 2.19 bits per heavy atom. The molecule has 2 aromatic rings. The molecule has 144 valence electrons. The molecule has 1 aliphatic rings. The molecule has 2 atom stereocenters. The lowest BCUT2D eigenvalue weighted by atomic mass is 9.82. The third-order valence-electron chi connectivity index (χ3n) is 5.68. The number of aldehydes is 1. The number of morpholine rings is 1. The highest BCUT2D eigenvalue weighted by Gasteiger charge is 2.38. The average Bonchev–Trinajstić information content (AvgIpc) is 2.73. The summed E-state index contributed by atoms with van der Waals surface area (Å²) >= 11 is 0. The van der Waals surface area contributed by atoms with Crippen LogP contribution < -0.4 is 0 Å². The first-order chi connectivity index (χ1) is 13.1. The minimum Gasteiger partial charge on any atom is -0.379 e.